The number of carbonyl (C=O) groups is 3. The highest BCUT2D eigenvalue weighted by atomic mass is 16.7. The monoisotopic (exact) mass is 625 g/mol. The van der Waals surface area contributed by atoms with E-state index >= 15 is 0 Å². The van der Waals surface area contributed by atoms with Crippen LogP contribution in [-0.2, 0) is 19.2 Å². The number of rotatable bonds is 18. The van der Waals surface area contributed by atoms with Gasteiger partial charge in [0, 0.05) is 65.4 Å². The van der Waals surface area contributed by atoms with Gasteiger partial charge in [-0.3, -0.25) is 43.5 Å². The number of anilines is 2. The van der Waals surface area contributed by atoms with E-state index in [2.05, 4.69) is 34.9 Å². The summed E-state index contributed by atoms with van der Waals surface area (Å²) in [5.74, 6) is -1.64. The minimum absolute atomic E-state index is 0.0417. The van der Waals surface area contributed by atoms with Crippen LogP contribution in [0.5, 0.6) is 0 Å². The molecule has 0 radical (unpaired) electrons. The number of likely N-dealkylation sites (N-methyl/N-ethyl adjacent to an activating group) is 1. The second-order valence-corrected chi connectivity index (χ2v) is 11.6. The number of carboxylic acid groups (broad SMARTS) is 2. The Morgan fingerprint density at radius 1 is 0.727 bits per heavy atom. The van der Waals surface area contributed by atoms with Crippen molar-refractivity contribution in [2.24, 2.45) is 5.92 Å². The summed E-state index contributed by atoms with van der Waals surface area (Å²) in [5.41, 5.74) is 1.86. The zero-order valence-corrected chi connectivity index (χ0v) is 26.4. The van der Waals surface area contributed by atoms with Gasteiger partial charge in [-0.2, -0.15) is 0 Å². The molecule has 1 aromatic rings. The highest BCUT2D eigenvalue weighted by Crippen LogP contribution is 2.14. The minimum atomic E-state index is -0.974. The van der Waals surface area contributed by atoms with Crippen LogP contribution in [0.2, 0.25) is 0 Å². The van der Waals surface area contributed by atoms with Crippen LogP contribution in [0.3, 0.4) is 0 Å². The third kappa shape index (κ3) is 14.1. The topological polar surface area (TPSA) is 184 Å². The largest absolute Gasteiger partial charge is 0.480 e. The van der Waals surface area contributed by atoms with Crippen LogP contribution < -0.4 is 27.0 Å². The maximum Gasteiger partial charge on any atom is 0.317 e. The second kappa shape index (κ2) is 20.0. The zero-order valence-electron chi connectivity index (χ0n) is 26.4. The van der Waals surface area contributed by atoms with Crippen LogP contribution in [-0.4, -0.2) is 146 Å². The number of hydrogen-bond acceptors (Lipinski definition) is 12. The lowest BCUT2D eigenvalue weighted by atomic mass is 10.1. The van der Waals surface area contributed by atoms with Crippen molar-refractivity contribution in [2.75, 3.05) is 109 Å². The van der Waals surface area contributed by atoms with Crippen LogP contribution in [0, 0.1) is 5.92 Å². The molecular weight excluding hydrogens is 574 g/mol. The SMILES string of the molecule is CCN1CCN(CC(=O)O)CCN(CC(=O)O)CCN(CC(=O)NOCCNc2c(NCCCCC(C)C)c(=O)c2=O)CC1. The van der Waals surface area contributed by atoms with Crippen LogP contribution >= 0.6 is 0 Å². The molecule has 44 heavy (non-hydrogen) atoms. The molecule has 15 nitrogen and oxygen atoms in total. The van der Waals surface area contributed by atoms with Crippen LogP contribution in [0.15, 0.2) is 9.59 Å². The Hall–Kier alpha value is -3.11. The molecule has 0 saturated carbocycles. The first-order chi connectivity index (χ1) is 21.0. The summed E-state index contributed by atoms with van der Waals surface area (Å²) in [4.78, 5) is 72.3. The molecule has 0 unspecified atom stereocenters. The molecule has 250 valence electrons. The van der Waals surface area contributed by atoms with E-state index in [-0.39, 0.29) is 44.4 Å². The molecule has 1 heterocycles. The number of unbranched alkanes of at least 4 members (excludes halogenated alkanes) is 1. The summed E-state index contributed by atoms with van der Waals surface area (Å²) in [6, 6.07) is 0. The number of carboxylic acids is 2. The van der Waals surface area contributed by atoms with Crippen LogP contribution in [0.25, 0.3) is 0 Å². The van der Waals surface area contributed by atoms with Gasteiger partial charge in [-0.1, -0.05) is 33.6 Å². The van der Waals surface area contributed by atoms with Gasteiger partial charge in [0.25, 0.3) is 16.8 Å². The summed E-state index contributed by atoms with van der Waals surface area (Å²) in [6.07, 6.45) is 3.05. The molecule has 0 bridgehead atoms. The normalized spacial score (nSPS) is 16.8. The van der Waals surface area contributed by atoms with Gasteiger partial charge in [-0.05, 0) is 18.9 Å². The zero-order chi connectivity index (χ0) is 32.5. The van der Waals surface area contributed by atoms with E-state index in [4.69, 9.17) is 4.84 Å². The fourth-order valence-electron chi connectivity index (χ4n) is 4.97. The molecule has 0 spiro atoms. The standard InChI is InChI=1S/C29H51N7O8/c1-4-33-10-12-34(14-15-36(21-25(40)41)17-16-35(13-11-33)20-24(38)39)19-23(37)32-44-18-9-31-27-26(28(42)29(27)43)30-8-6-5-7-22(2)3/h22,30-31H,4-21H2,1-3H3,(H,32,37)(H,38,39)(H,40,41). The number of amides is 1. The lowest BCUT2D eigenvalue weighted by Crippen LogP contribution is -2.49. The van der Waals surface area contributed by atoms with Crippen LogP contribution in [0.4, 0.5) is 11.4 Å². The van der Waals surface area contributed by atoms with Gasteiger partial charge in [-0.15, -0.1) is 0 Å². The molecule has 1 aliphatic heterocycles. The number of hydrogen-bond donors (Lipinski definition) is 5. The smallest absolute Gasteiger partial charge is 0.317 e. The fourth-order valence-corrected chi connectivity index (χ4v) is 4.97. The lowest BCUT2D eigenvalue weighted by Gasteiger charge is -2.32. The van der Waals surface area contributed by atoms with Gasteiger partial charge in [-0.25, -0.2) is 5.48 Å². The van der Waals surface area contributed by atoms with Crippen LogP contribution in [0.1, 0.15) is 40.0 Å². The molecule has 1 fully saturated rings. The summed E-state index contributed by atoms with van der Waals surface area (Å²) >= 11 is 0. The third-order valence-electron chi connectivity index (χ3n) is 7.57. The third-order valence-corrected chi connectivity index (χ3v) is 7.57. The summed E-state index contributed by atoms with van der Waals surface area (Å²) in [6.45, 7) is 11.8. The predicted octanol–water partition coefficient (Wildman–Crippen LogP) is -0.609. The van der Waals surface area contributed by atoms with Crippen molar-refractivity contribution in [3.8, 4) is 0 Å². The predicted molar refractivity (Wildman–Crippen MR) is 168 cm³/mol. The molecule has 2 rings (SSSR count). The first-order valence-electron chi connectivity index (χ1n) is 15.5. The second-order valence-electron chi connectivity index (χ2n) is 11.6. The number of nitrogens with zero attached hydrogens (tertiary/aromatic N) is 4. The molecule has 0 atom stereocenters. The summed E-state index contributed by atoms with van der Waals surface area (Å²) in [7, 11) is 0. The first-order valence-corrected chi connectivity index (χ1v) is 15.5. The van der Waals surface area contributed by atoms with Crippen molar-refractivity contribution in [1.29, 1.82) is 0 Å². The fraction of sp³-hybridized carbons (Fsp3) is 0.759. The molecule has 1 aliphatic rings. The van der Waals surface area contributed by atoms with Crippen molar-refractivity contribution >= 4 is 29.2 Å². The molecule has 15 heteroatoms. The molecular formula is C29H51N7O8. The number of aliphatic carboxylic acids is 2. The maximum atomic E-state index is 12.7. The Labute approximate surface area is 259 Å². The van der Waals surface area contributed by atoms with E-state index in [9.17, 15) is 34.2 Å². The Morgan fingerprint density at radius 3 is 1.64 bits per heavy atom. The number of carbonyl (C=O) groups excluding carboxylic acids is 1. The molecule has 1 amide bonds. The maximum absolute atomic E-state index is 12.7. The van der Waals surface area contributed by atoms with Gasteiger partial charge in [0.05, 0.1) is 26.2 Å². The Balaban J connectivity index is 1.82. The Kier molecular flexibility index (Phi) is 16.9. The average Bonchev–Trinajstić information content (AvgIpc) is 2.96. The van der Waals surface area contributed by atoms with E-state index in [1.807, 2.05) is 16.7 Å². The molecule has 0 aromatic heterocycles. The Bertz CT molecular complexity index is 1110. The van der Waals surface area contributed by atoms with E-state index in [1.165, 1.54) is 0 Å². The van der Waals surface area contributed by atoms with E-state index in [1.54, 1.807) is 4.90 Å². The minimum Gasteiger partial charge on any atom is -0.480 e. The summed E-state index contributed by atoms with van der Waals surface area (Å²) < 4.78 is 0. The van der Waals surface area contributed by atoms with E-state index < -0.39 is 22.8 Å². The van der Waals surface area contributed by atoms with Gasteiger partial charge in [0.1, 0.15) is 11.4 Å². The molecule has 1 saturated heterocycles. The van der Waals surface area contributed by atoms with Crippen molar-refractivity contribution in [1.82, 2.24) is 25.1 Å². The van der Waals surface area contributed by atoms with Crippen molar-refractivity contribution in [3.05, 3.63) is 20.4 Å². The number of hydroxylamine groups is 1. The molecule has 0 aliphatic carbocycles. The first kappa shape index (κ1) is 37.1. The highest BCUT2D eigenvalue weighted by Gasteiger charge is 2.21. The van der Waals surface area contributed by atoms with Gasteiger partial charge in [0.15, 0.2) is 0 Å². The van der Waals surface area contributed by atoms with Crippen molar-refractivity contribution in [3.63, 3.8) is 0 Å². The van der Waals surface area contributed by atoms with Crippen molar-refractivity contribution in [2.45, 2.75) is 40.0 Å². The van der Waals surface area contributed by atoms with E-state index in [0.717, 1.165) is 25.8 Å². The van der Waals surface area contributed by atoms with E-state index in [0.29, 0.717) is 70.5 Å². The van der Waals surface area contributed by atoms with Gasteiger partial charge in [0.2, 0.25) is 0 Å². The molecule has 1 aromatic carbocycles. The summed E-state index contributed by atoms with van der Waals surface area (Å²) in [5, 5.41) is 24.6. The van der Waals surface area contributed by atoms with Gasteiger partial charge >= 0.3 is 11.9 Å². The average molecular weight is 626 g/mol. The molecule has 5 N–H and O–H groups in total. The Morgan fingerprint density at radius 2 is 1.18 bits per heavy atom. The quantitative estimate of drug-likeness (QED) is 0.0791. The van der Waals surface area contributed by atoms with Crippen molar-refractivity contribution < 1.29 is 29.4 Å². The van der Waals surface area contributed by atoms with Gasteiger partial charge < -0.3 is 25.7 Å². The lowest BCUT2D eigenvalue weighted by molar-refractivity contribution is -0.140. The highest BCUT2D eigenvalue weighted by molar-refractivity contribution is 5.77. The number of nitrogens with one attached hydrogen (secondary N) is 3.